The number of benzene rings is 1. The van der Waals surface area contributed by atoms with Gasteiger partial charge in [0.05, 0.1) is 6.61 Å². The van der Waals surface area contributed by atoms with Gasteiger partial charge in [0.2, 0.25) is 0 Å². The zero-order valence-corrected chi connectivity index (χ0v) is 16.1. The van der Waals surface area contributed by atoms with E-state index in [1.165, 1.54) is 0 Å². The fraction of sp³-hybridized carbons (Fsp3) is 0.389. The van der Waals surface area contributed by atoms with E-state index >= 15 is 0 Å². The summed E-state index contributed by atoms with van der Waals surface area (Å²) in [5.74, 6) is 0.775. The summed E-state index contributed by atoms with van der Waals surface area (Å²) >= 11 is 0.276. The first-order valence-electron chi connectivity index (χ1n) is 7.67. The molecule has 0 N–H and O–H groups in total. The molecule has 0 fully saturated rings. The third-order valence-corrected chi connectivity index (χ3v) is 5.26. The summed E-state index contributed by atoms with van der Waals surface area (Å²) in [6, 6.07) is 9.67. The highest BCUT2D eigenvalue weighted by molar-refractivity contribution is 7.91. The van der Waals surface area contributed by atoms with Crippen molar-refractivity contribution < 1.29 is 14.0 Å². The number of thiophene rings is 1. The van der Waals surface area contributed by atoms with E-state index in [0.717, 1.165) is 22.6 Å². The quantitative estimate of drug-likeness (QED) is 0.422. The maximum atomic E-state index is 12.5. The number of hydrogen-bond acceptors (Lipinski definition) is 5. The van der Waals surface area contributed by atoms with E-state index in [1.807, 2.05) is 61.9 Å². The third-order valence-electron chi connectivity index (χ3n) is 3.18. The van der Waals surface area contributed by atoms with Gasteiger partial charge in [-0.25, -0.2) is 0 Å². The number of methoxy groups -OCH3 is 1. The lowest BCUT2D eigenvalue weighted by molar-refractivity contribution is 0.146. The first-order chi connectivity index (χ1) is 11.4. The highest BCUT2D eigenvalue weighted by Crippen LogP contribution is 2.23. The van der Waals surface area contributed by atoms with E-state index in [0.29, 0.717) is 13.2 Å². The average Bonchev–Trinajstić information content (AvgIpc) is 3.06. The van der Waals surface area contributed by atoms with Gasteiger partial charge in [0.1, 0.15) is 34.2 Å². The summed E-state index contributed by atoms with van der Waals surface area (Å²) < 4.78 is 27.1. The largest absolute Gasteiger partial charge is 0.591 e. The topological polar surface area (TPSA) is 53.9 Å². The molecule has 0 radical (unpaired) electrons. The second kappa shape index (κ2) is 8.67. The summed E-state index contributed by atoms with van der Waals surface area (Å²) in [4.78, 5) is 0. The second-order valence-corrected chi connectivity index (χ2v) is 8.86. The van der Waals surface area contributed by atoms with Crippen molar-refractivity contribution in [3.05, 3.63) is 52.2 Å². The van der Waals surface area contributed by atoms with Crippen LogP contribution in [0.4, 0.5) is 0 Å². The zero-order chi connectivity index (χ0) is 17.6. The van der Waals surface area contributed by atoms with Crippen molar-refractivity contribution in [2.24, 2.45) is 4.40 Å². The lowest BCUT2D eigenvalue weighted by atomic mass is 10.1. The fourth-order valence-electron chi connectivity index (χ4n) is 1.84. The molecule has 0 bridgehead atoms. The third kappa shape index (κ3) is 5.34. The lowest BCUT2D eigenvalue weighted by Gasteiger charge is -2.19. The van der Waals surface area contributed by atoms with Gasteiger partial charge in [-0.2, -0.15) is 11.3 Å². The molecule has 4 nitrogen and oxygen atoms in total. The van der Waals surface area contributed by atoms with Crippen LogP contribution in [0.5, 0.6) is 5.75 Å². The Labute approximate surface area is 150 Å². The van der Waals surface area contributed by atoms with E-state index in [2.05, 4.69) is 4.40 Å². The van der Waals surface area contributed by atoms with Gasteiger partial charge in [-0.05, 0) is 56.5 Å². The van der Waals surface area contributed by atoms with Crippen LogP contribution in [0.25, 0.3) is 0 Å². The number of hydrogen-bond donors (Lipinski definition) is 0. The van der Waals surface area contributed by atoms with Crippen LogP contribution in [-0.4, -0.2) is 35.3 Å². The Balaban J connectivity index is 2.26. The van der Waals surface area contributed by atoms with E-state index in [9.17, 15) is 4.55 Å². The molecule has 0 saturated carbocycles. The zero-order valence-electron chi connectivity index (χ0n) is 14.4. The molecule has 0 saturated heterocycles. The van der Waals surface area contributed by atoms with Crippen molar-refractivity contribution in [2.45, 2.75) is 25.5 Å². The maximum Gasteiger partial charge on any atom is 0.144 e. The van der Waals surface area contributed by atoms with Crippen molar-refractivity contribution in [1.82, 2.24) is 0 Å². The minimum Gasteiger partial charge on any atom is -0.591 e. The molecular weight excluding hydrogens is 342 g/mol. The van der Waals surface area contributed by atoms with Crippen molar-refractivity contribution in [3.63, 3.8) is 0 Å². The average molecular weight is 366 g/mol. The second-order valence-electron chi connectivity index (χ2n) is 6.18. The summed E-state index contributed by atoms with van der Waals surface area (Å²) in [5, 5.41) is 4.01. The summed E-state index contributed by atoms with van der Waals surface area (Å²) in [7, 11) is 1.64. The van der Waals surface area contributed by atoms with Gasteiger partial charge in [-0.1, -0.05) is 4.40 Å². The molecular formula is C18H23NO3S2. The summed E-state index contributed by atoms with van der Waals surface area (Å²) in [6.45, 7) is 6.82. The van der Waals surface area contributed by atoms with E-state index in [-0.39, 0.29) is 0 Å². The number of nitrogens with zero attached hydrogens (tertiary/aromatic N) is 1. The van der Waals surface area contributed by atoms with Gasteiger partial charge >= 0.3 is 0 Å². The van der Waals surface area contributed by atoms with Crippen LogP contribution >= 0.6 is 11.3 Å². The Morgan fingerprint density at radius 2 is 1.83 bits per heavy atom. The highest BCUT2D eigenvalue weighted by atomic mass is 32.2. The van der Waals surface area contributed by atoms with Crippen molar-refractivity contribution in [2.75, 3.05) is 20.3 Å². The van der Waals surface area contributed by atoms with Crippen LogP contribution in [0.1, 0.15) is 31.9 Å². The van der Waals surface area contributed by atoms with Crippen LogP contribution < -0.4 is 4.74 Å². The molecule has 6 heteroatoms. The monoisotopic (exact) mass is 365 g/mol. The number of rotatable bonds is 7. The number of ether oxygens (including phenoxy) is 2. The van der Waals surface area contributed by atoms with Gasteiger partial charge in [-0.15, -0.1) is 0 Å². The molecule has 0 spiro atoms. The van der Waals surface area contributed by atoms with Crippen molar-refractivity contribution in [1.29, 1.82) is 0 Å². The molecule has 130 valence electrons. The van der Waals surface area contributed by atoms with E-state index in [4.69, 9.17) is 9.47 Å². The molecule has 2 aromatic rings. The summed E-state index contributed by atoms with van der Waals surface area (Å²) in [6.07, 6.45) is 0. The molecule has 0 aliphatic carbocycles. The minimum absolute atomic E-state index is 0.398. The molecule has 0 amide bonds. The van der Waals surface area contributed by atoms with Gasteiger partial charge in [0.15, 0.2) is 0 Å². The first kappa shape index (κ1) is 19.0. The maximum absolute atomic E-state index is 12.5. The van der Waals surface area contributed by atoms with Gasteiger partial charge < -0.3 is 14.0 Å². The van der Waals surface area contributed by atoms with Crippen LogP contribution in [0.15, 0.2) is 45.5 Å². The predicted molar refractivity (Wildman–Crippen MR) is 102 cm³/mol. The first-order valence-corrected chi connectivity index (χ1v) is 9.72. The molecule has 1 atom stereocenters. The van der Waals surface area contributed by atoms with Crippen LogP contribution in [0, 0.1) is 0 Å². The Morgan fingerprint density at radius 3 is 2.38 bits per heavy atom. The minimum atomic E-state index is -1.32. The molecule has 24 heavy (non-hydrogen) atoms. The van der Waals surface area contributed by atoms with Crippen molar-refractivity contribution >= 4 is 28.4 Å². The molecule has 0 aliphatic rings. The molecule has 0 aliphatic heterocycles. The van der Waals surface area contributed by atoms with Crippen LogP contribution in [0.2, 0.25) is 0 Å². The Kier molecular flexibility index (Phi) is 6.86. The molecule has 1 aromatic heterocycles. The normalized spacial score (nSPS) is 13.8. The van der Waals surface area contributed by atoms with Gasteiger partial charge in [-0.3, -0.25) is 0 Å². The smallest absolute Gasteiger partial charge is 0.144 e. The molecule has 1 unspecified atom stereocenters. The van der Waals surface area contributed by atoms with E-state index in [1.54, 1.807) is 18.4 Å². The van der Waals surface area contributed by atoms with E-state index < -0.39 is 16.1 Å². The Bertz CT molecular complexity index is 646. The Hall–Kier alpha value is -1.34. The standard InChI is InChI=1S/C18H23NO3S2/c1-18(2,3)24(20)19-17(15-9-12-23-13-15)14-5-7-16(8-6-14)22-11-10-21-4/h5-9,12-13H,10-11H2,1-4H3. The van der Waals surface area contributed by atoms with Gasteiger partial charge in [0, 0.05) is 23.6 Å². The molecule has 2 rings (SSSR count). The highest BCUT2D eigenvalue weighted by Gasteiger charge is 2.28. The lowest BCUT2D eigenvalue weighted by Crippen LogP contribution is -2.27. The summed E-state index contributed by atoms with van der Waals surface area (Å²) in [5.41, 5.74) is 2.64. The SMILES string of the molecule is COCCOc1ccc(C(=N[S+]([O-])C(C)(C)C)c2ccsc2)cc1. The molecule has 1 heterocycles. The van der Waals surface area contributed by atoms with Crippen LogP contribution in [-0.2, 0) is 16.1 Å². The Morgan fingerprint density at radius 1 is 1.12 bits per heavy atom. The molecule has 1 aromatic carbocycles. The predicted octanol–water partition coefficient (Wildman–Crippen LogP) is 4.07. The van der Waals surface area contributed by atoms with Crippen molar-refractivity contribution in [3.8, 4) is 5.75 Å². The fourth-order valence-corrected chi connectivity index (χ4v) is 3.13. The van der Waals surface area contributed by atoms with Gasteiger partial charge in [0.25, 0.3) is 0 Å². The van der Waals surface area contributed by atoms with Crippen LogP contribution in [0.3, 0.4) is 0 Å².